The molecule has 1 aromatic rings. The number of unbranched alkanes of at least 4 members (excludes halogenated alkanes) is 2. The number of hydrogen-bond donors (Lipinski definition) is 0. The van der Waals surface area contributed by atoms with Gasteiger partial charge in [0.25, 0.3) is 5.60 Å². The van der Waals surface area contributed by atoms with Crippen molar-refractivity contribution in [1.29, 1.82) is 0 Å². The molecule has 3 nitrogen and oxygen atoms in total. The lowest BCUT2D eigenvalue weighted by molar-refractivity contribution is -0.400. The lowest BCUT2D eigenvalue weighted by Gasteiger charge is -2.37. The Morgan fingerprint density at radius 1 is 1.03 bits per heavy atom. The molecular formula is C25H31BrF6O3. The van der Waals surface area contributed by atoms with E-state index >= 15 is 0 Å². The van der Waals surface area contributed by atoms with Gasteiger partial charge in [-0.15, -0.1) is 0 Å². The van der Waals surface area contributed by atoms with Gasteiger partial charge in [-0.2, -0.15) is 26.3 Å². The fraction of sp³-hybridized carbons (Fsp3) is 0.600. The molecule has 0 radical (unpaired) electrons. The van der Waals surface area contributed by atoms with Gasteiger partial charge in [-0.1, -0.05) is 66.0 Å². The molecule has 1 aliphatic carbocycles. The molecule has 1 atom stereocenters. The number of allylic oxidation sites excluding steroid dienone is 2. The van der Waals surface area contributed by atoms with E-state index in [9.17, 15) is 26.3 Å². The summed E-state index contributed by atoms with van der Waals surface area (Å²) in [6.07, 6.45) is -1.66. The fourth-order valence-corrected chi connectivity index (χ4v) is 4.41. The molecule has 2 rings (SSSR count). The number of benzene rings is 1. The molecule has 1 unspecified atom stereocenters. The molecular weight excluding hydrogens is 542 g/mol. The van der Waals surface area contributed by atoms with Crippen molar-refractivity contribution in [2.24, 2.45) is 0 Å². The summed E-state index contributed by atoms with van der Waals surface area (Å²) in [5.41, 5.74) is -3.88. The highest BCUT2D eigenvalue weighted by Crippen LogP contribution is 2.53. The van der Waals surface area contributed by atoms with Crippen LogP contribution < -0.4 is 0 Å². The maximum atomic E-state index is 14.0. The average Bonchev–Trinajstić information content (AvgIpc) is 2.78. The molecule has 1 aromatic carbocycles. The lowest BCUT2D eigenvalue weighted by Crippen LogP contribution is -2.56. The summed E-state index contributed by atoms with van der Waals surface area (Å²) in [5.74, 6) is 0. The Hall–Kier alpha value is -1.36. The number of ether oxygens (including phenoxy) is 3. The number of hydrogen-bond acceptors (Lipinski definition) is 3. The van der Waals surface area contributed by atoms with Crippen molar-refractivity contribution < 1.29 is 40.6 Å². The summed E-state index contributed by atoms with van der Waals surface area (Å²) in [6.45, 7) is 1.21. The Bertz CT molecular complexity index is 850. The third-order valence-electron chi connectivity index (χ3n) is 5.67. The minimum atomic E-state index is -5.76. The number of methoxy groups -OCH3 is 1. The molecule has 0 fully saturated rings. The maximum Gasteiger partial charge on any atom is 0.430 e. The SMILES string of the molecule is CCCc1cc(C(OCOC)(C(F)(F)F)C(F)(F)F)ccc1C1=CC(OCCCCCBr)CC=C1. The van der Waals surface area contributed by atoms with Gasteiger partial charge in [-0.3, -0.25) is 0 Å². The average molecular weight is 573 g/mol. The van der Waals surface area contributed by atoms with E-state index in [-0.39, 0.29) is 6.10 Å². The van der Waals surface area contributed by atoms with Crippen LogP contribution in [0.15, 0.2) is 36.4 Å². The summed E-state index contributed by atoms with van der Waals surface area (Å²) >= 11 is 3.38. The largest absolute Gasteiger partial charge is 0.430 e. The highest BCUT2D eigenvalue weighted by Gasteiger charge is 2.73. The number of halogens is 7. The summed E-state index contributed by atoms with van der Waals surface area (Å²) in [6, 6.07) is 3.09. The van der Waals surface area contributed by atoms with Crippen LogP contribution in [0.25, 0.3) is 5.57 Å². The molecule has 198 valence electrons. The van der Waals surface area contributed by atoms with E-state index in [1.54, 1.807) is 0 Å². The van der Waals surface area contributed by atoms with Crippen molar-refractivity contribution in [3.8, 4) is 0 Å². The topological polar surface area (TPSA) is 27.7 Å². The molecule has 0 heterocycles. The van der Waals surface area contributed by atoms with E-state index in [0.717, 1.165) is 43.8 Å². The predicted octanol–water partition coefficient (Wildman–Crippen LogP) is 7.87. The van der Waals surface area contributed by atoms with Crippen LogP contribution in [0, 0.1) is 0 Å². The van der Waals surface area contributed by atoms with E-state index in [1.807, 2.05) is 25.2 Å². The van der Waals surface area contributed by atoms with Crippen molar-refractivity contribution in [3.63, 3.8) is 0 Å². The quantitative estimate of drug-likeness (QED) is 0.104. The first kappa shape index (κ1) is 29.9. The third kappa shape index (κ3) is 7.33. The maximum absolute atomic E-state index is 14.0. The van der Waals surface area contributed by atoms with Crippen LogP contribution in [0.4, 0.5) is 26.3 Å². The minimum Gasteiger partial charge on any atom is -0.374 e. The lowest BCUT2D eigenvalue weighted by atomic mass is 9.85. The summed E-state index contributed by atoms with van der Waals surface area (Å²) in [7, 11) is 0.964. The van der Waals surface area contributed by atoms with Gasteiger partial charge in [0.15, 0.2) is 0 Å². The summed E-state index contributed by atoms with van der Waals surface area (Å²) in [4.78, 5) is 0. The van der Waals surface area contributed by atoms with E-state index in [4.69, 9.17) is 4.74 Å². The Morgan fingerprint density at radius 3 is 2.34 bits per heavy atom. The minimum absolute atomic E-state index is 0.206. The Kier molecular flexibility index (Phi) is 11.3. The second-order valence-electron chi connectivity index (χ2n) is 8.27. The van der Waals surface area contributed by atoms with Crippen molar-refractivity contribution >= 4 is 21.5 Å². The standard InChI is InChI=1S/C25H31BrF6O3/c1-3-8-18-15-20(23(24(27,28)29,25(30,31)32)35-17-33-2)11-12-22(18)19-9-7-10-21(16-19)34-14-6-4-5-13-26/h7,9,11-12,15-16,21H,3-6,8,10,13-14,17H2,1-2H3. The molecule has 0 amide bonds. The number of alkyl halides is 7. The van der Waals surface area contributed by atoms with E-state index in [2.05, 4.69) is 25.4 Å². The van der Waals surface area contributed by atoms with E-state index < -0.39 is 30.3 Å². The van der Waals surface area contributed by atoms with Gasteiger partial charge in [0.05, 0.1) is 6.10 Å². The second-order valence-corrected chi connectivity index (χ2v) is 9.06. The third-order valence-corrected chi connectivity index (χ3v) is 6.24. The van der Waals surface area contributed by atoms with Crippen LogP contribution in [0.5, 0.6) is 0 Å². The van der Waals surface area contributed by atoms with Crippen molar-refractivity contribution in [2.45, 2.75) is 69.5 Å². The van der Waals surface area contributed by atoms with Gasteiger partial charge < -0.3 is 14.2 Å². The van der Waals surface area contributed by atoms with Crippen LogP contribution in [0.2, 0.25) is 0 Å². The van der Waals surface area contributed by atoms with Crippen LogP contribution in [-0.2, 0) is 26.2 Å². The summed E-state index contributed by atoms with van der Waals surface area (Å²) in [5, 5.41) is 0.930. The molecule has 0 aliphatic heterocycles. The molecule has 0 bridgehead atoms. The van der Waals surface area contributed by atoms with Gasteiger partial charge in [-0.05, 0) is 48.5 Å². The Labute approximate surface area is 210 Å². The van der Waals surface area contributed by atoms with Gasteiger partial charge in [0, 0.05) is 24.6 Å². The van der Waals surface area contributed by atoms with Crippen LogP contribution in [0.1, 0.15) is 55.7 Å². The Balaban J connectivity index is 2.45. The molecule has 0 saturated carbocycles. The molecule has 10 heteroatoms. The summed E-state index contributed by atoms with van der Waals surface area (Å²) < 4.78 is 98.5. The highest BCUT2D eigenvalue weighted by atomic mass is 79.9. The van der Waals surface area contributed by atoms with Crippen LogP contribution in [-0.4, -0.2) is 44.3 Å². The van der Waals surface area contributed by atoms with E-state index in [1.165, 1.54) is 6.07 Å². The van der Waals surface area contributed by atoms with Gasteiger partial charge >= 0.3 is 12.4 Å². The van der Waals surface area contributed by atoms with Gasteiger partial charge in [-0.25, -0.2) is 0 Å². The first-order valence-electron chi connectivity index (χ1n) is 11.5. The van der Waals surface area contributed by atoms with Crippen molar-refractivity contribution in [2.75, 3.05) is 25.8 Å². The molecule has 0 aromatic heterocycles. The number of aryl methyl sites for hydroxylation is 1. The molecule has 1 aliphatic rings. The number of rotatable bonds is 13. The normalized spacial score (nSPS) is 17.1. The molecule has 0 saturated heterocycles. The van der Waals surface area contributed by atoms with E-state index in [0.29, 0.717) is 42.6 Å². The fourth-order valence-electron chi connectivity index (χ4n) is 4.01. The predicted molar refractivity (Wildman–Crippen MR) is 126 cm³/mol. The van der Waals surface area contributed by atoms with Crippen molar-refractivity contribution in [3.05, 3.63) is 53.1 Å². The highest BCUT2D eigenvalue weighted by molar-refractivity contribution is 9.09. The molecule has 35 heavy (non-hydrogen) atoms. The van der Waals surface area contributed by atoms with Gasteiger partial charge in [0.1, 0.15) is 6.79 Å². The first-order chi connectivity index (χ1) is 16.5. The monoisotopic (exact) mass is 572 g/mol. The smallest absolute Gasteiger partial charge is 0.374 e. The molecule has 0 N–H and O–H groups in total. The second kappa shape index (κ2) is 13.3. The van der Waals surface area contributed by atoms with Gasteiger partial charge in [0.2, 0.25) is 0 Å². The molecule has 0 spiro atoms. The zero-order chi connectivity index (χ0) is 26.1. The zero-order valence-electron chi connectivity index (χ0n) is 19.8. The van der Waals surface area contributed by atoms with Crippen LogP contribution >= 0.6 is 15.9 Å². The zero-order valence-corrected chi connectivity index (χ0v) is 21.4. The van der Waals surface area contributed by atoms with Crippen molar-refractivity contribution in [1.82, 2.24) is 0 Å². The Morgan fingerprint density at radius 2 is 1.74 bits per heavy atom. The van der Waals surface area contributed by atoms with Crippen LogP contribution in [0.3, 0.4) is 0 Å². The first-order valence-corrected chi connectivity index (χ1v) is 12.6.